The molecule has 0 unspecified atom stereocenters. The van der Waals surface area contributed by atoms with Gasteiger partial charge in [-0.25, -0.2) is 4.39 Å². The van der Waals surface area contributed by atoms with Crippen LogP contribution in [-0.2, 0) is 4.84 Å². The molecule has 1 aromatic rings. The van der Waals surface area contributed by atoms with E-state index in [1.165, 1.54) is 6.07 Å². The zero-order chi connectivity index (χ0) is 10.3. The predicted molar refractivity (Wildman–Crippen MR) is 55.0 cm³/mol. The van der Waals surface area contributed by atoms with Crippen LogP contribution in [0.1, 0.15) is 0 Å². The fourth-order valence-electron chi connectivity index (χ4n) is 2.32. The van der Waals surface area contributed by atoms with Crippen molar-refractivity contribution < 1.29 is 9.23 Å². The molecule has 0 spiro atoms. The second-order valence-electron chi connectivity index (χ2n) is 4.18. The van der Waals surface area contributed by atoms with Crippen molar-refractivity contribution in [1.29, 1.82) is 0 Å². The van der Waals surface area contributed by atoms with Crippen LogP contribution < -0.4 is 10.4 Å². The molecule has 15 heavy (non-hydrogen) atoms. The van der Waals surface area contributed by atoms with Gasteiger partial charge in [-0.05, 0) is 18.2 Å². The highest BCUT2D eigenvalue weighted by atomic mass is 19.1. The van der Waals surface area contributed by atoms with E-state index in [-0.39, 0.29) is 5.82 Å². The Morgan fingerprint density at radius 2 is 2.33 bits per heavy atom. The second kappa shape index (κ2) is 3.47. The van der Waals surface area contributed by atoms with E-state index in [9.17, 15) is 4.39 Å². The molecular weight excluding hydrogens is 195 g/mol. The van der Waals surface area contributed by atoms with Crippen LogP contribution in [-0.4, -0.2) is 25.7 Å². The molecule has 2 saturated heterocycles. The quantitative estimate of drug-likeness (QED) is 0.749. The maximum Gasteiger partial charge on any atom is 0.125 e. The van der Waals surface area contributed by atoms with Crippen molar-refractivity contribution in [2.24, 2.45) is 5.92 Å². The number of hydroxylamine groups is 1. The lowest BCUT2D eigenvalue weighted by atomic mass is 10.1. The summed E-state index contributed by atoms with van der Waals surface area (Å²) in [6, 6.07) is 7.16. The van der Waals surface area contributed by atoms with Gasteiger partial charge in [0.1, 0.15) is 5.82 Å². The topological polar surface area (TPSA) is 24.5 Å². The average Bonchev–Trinajstić information content (AvgIpc) is 2.76. The molecule has 1 aromatic carbocycles. The molecule has 2 aliphatic rings. The Bertz CT molecular complexity index is 359. The first-order chi connectivity index (χ1) is 7.33. The molecule has 3 rings (SSSR count). The molecule has 3 nitrogen and oxygen atoms in total. The molecule has 0 bridgehead atoms. The van der Waals surface area contributed by atoms with Crippen molar-refractivity contribution in [3.8, 4) is 0 Å². The monoisotopic (exact) mass is 208 g/mol. The van der Waals surface area contributed by atoms with Gasteiger partial charge >= 0.3 is 0 Å². The first-order valence-corrected chi connectivity index (χ1v) is 5.21. The SMILES string of the molecule is Fc1cccc(N2C[C@H]3CON[C@H]3C2)c1. The maximum absolute atomic E-state index is 13.0. The van der Waals surface area contributed by atoms with E-state index in [0.717, 1.165) is 25.4 Å². The number of benzene rings is 1. The van der Waals surface area contributed by atoms with Crippen LogP contribution in [0.3, 0.4) is 0 Å². The van der Waals surface area contributed by atoms with Crippen molar-refractivity contribution in [2.75, 3.05) is 24.6 Å². The number of nitrogens with zero attached hydrogens (tertiary/aromatic N) is 1. The zero-order valence-corrected chi connectivity index (χ0v) is 8.32. The van der Waals surface area contributed by atoms with Gasteiger partial charge in [0.05, 0.1) is 12.6 Å². The smallest absolute Gasteiger partial charge is 0.125 e. The molecule has 2 fully saturated rings. The Morgan fingerprint density at radius 1 is 1.40 bits per heavy atom. The van der Waals surface area contributed by atoms with Crippen LogP contribution in [0.2, 0.25) is 0 Å². The van der Waals surface area contributed by atoms with Gasteiger partial charge in [0, 0.05) is 24.7 Å². The van der Waals surface area contributed by atoms with Crippen LogP contribution in [0, 0.1) is 11.7 Å². The fourth-order valence-corrected chi connectivity index (χ4v) is 2.32. The van der Waals surface area contributed by atoms with Crippen molar-refractivity contribution in [1.82, 2.24) is 5.48 Å². The molecule has 4 heteroatoms. The first-order valence-electron chi connectivity index (χ1n) is 5.21. The molecule has 0 aromatic heterocycles. The van der Waals surface area contributed by atoms with Gasteiger partial charge in [-0.1, -0.05) is 6.07 Å². The minimum atomic E-state index is -0.172. The number of anilines is 1. The molecule has 2 atom stereocenters. The Morgan fingerprint density at radius 3 is 3.13 bits per heavy atom. The lowest BCUT2D eigenvalue weighted by Gasteiger charge is -2.19. The van der Waals surface area contributed by atoms with Gasteiger partial charge in [0.15, 0.2) is 0 Å². The highest BCUT2D eigenvalue weighted by Crippen LogP contribution is 2.27. The lowest BCUT2D eigenvalue weighted by Crippen LogP contribution is -2.29. The third kappa shape index (κ3) is 1.60. The van der Waals surface area contributed by atoms with Gasteiger partial charge in [0.25, 0.3) is 0 Å². The van der Waals surface area contributed by atoms with Gasteiger partial charge in [-0.3, -0.25) is 0 Å². The minimum Gasteiger partial charge on any atom is -0.369 e. The maximum atomic E-state index is 13.0. The third-order valence-corrected chi connectivity index (χ3v) is 3.15. The summed E-state index contributed by atoms with van der Waals surface area (Å²) in [5, 5.41) is 0. The zero-order valence-electron chi connectivity index (χ0n) is 8.32. The first kappa shape index (κ1) is 9.12. The van der Waals surface area contributed by atoms with Gasteiger partial charge in [-0.2, -0.15) is 5.48 Å². The highest BCUT2D eigenvalue weighted by Gasteiger charge is 2.37. The van der Waals surface area contributed by atoms with Gasteiger partial charge < -0.3 is 9.74 Å². The molecule has 0 saturated carbocycles. The van der Waals surface area contributed by atoms with Gasteiger partial charge in [0.2, 0.25) is 0 Å². The normalized spacial score (nSPS) is 29.5. The summed E-state index contributed by atoms with van der Waals surface area (Å²) in [4.78, 5) is 7.37. The number of nitrogens with one attached hydrogen (secondary N) is 1. The van der Waals surface area contributed by atoms with Crippen LogP contribution in [0.15, 0.2) is 24.3 Å². The lowest BCUT2D eigenvalue weighted by molar-refractivity contribution is 0.0846. The Hall–Kier alpha value is -1.13. The standard InChI is InChI=1S/C11H13FN2O/c12-9-2-1-3-10(4-9)14-5-8-7-15-13-11(8)6-14/h1-4,8,11,13H,5-7H2/t8-,11-/m0/s1. The van der Waals surface area contributed by atoms with Crippen molar-refractivity contribution >= 4 is 5.69 Å². The molecular formula is C11H13FN2O. The van der Waals surface area contributed by atoms with Gasteiger partial charge in [-0.15, -0.1) is 0 Å². The van der Waals surface area contributed by atoms with Crippen LogP contribution >= 0.6 is 0 Å². The van der Waals surface area contributed by atoms with E-state index in [4.69, 9.17) is 4.84 Å². The molecule has 0 radical (unpaired) electrons. The highest BCUT2D eigenvalue weighted by molar-refractivity contribution is 5.48. The summed E-state index contributed by atoms with van der Waals surface area (Å²) in [5.74, 6) is 0.363. The summed E-state index contributed by atoms with van der Waals surface area (Å²) < 4.78 is 13.0. The minimum absolute atomic E-state index is 0.172. The Balaban J connectivity index is 1.79. The van der Waals surface area contributed by atoms with Crippen LogP contribution in [0.4, 0.5) is 10.1 Å². The molecule has 80 valence electrons. The number of hydrogen-bond donors (Lipinski definition) is 1. The van der Waals surface area contributed by atoms with Crippen molar-refractivity contribution in [3.63, 3.8) is 0 Å². The van der Waals surface area contributed by atoms with Crippen molar-refractivity contribution in [2.45, 2.75) is 6.04 Å². The fraction of sp³-hybridized carbons (Fsp3) is 0.455. The summed E-state index contributed by atoms with van der Waals surface area (Å²) in [5.41, 5.74) is 3.96. The van der Waals surface area contributed by atoms with E-state index in [1.807, 2.05) is 6.07 Å². The Labute approximate surface area is 87.8 Å². The molecule has 1 N–H and O–H groups in total. The molecule has 2 heterocycles. The predicted octanol–water partition coefficient (Wildman–Crippen LogP) is 1.17. The third-order valence-electron chi connectivity index (χ3n) is 3.15. The number of rotatable bonds is 1. The second-order valence-corrected chi connectivity index (χ2v) is 4.18. The molecule has 0 aliphatic carbocycles. The van der Waals surface area contributed by atoms with Crippen LogP contribution in [0.5, 0.6) is 0 Å². The summed E-state index contributed by atoms with van der Waals surface area (Å²) >= 11 is 0. The van der Waals surface area contributed by atoms with E-state index in [0.29, 0.717) is 12.0 Å². The van der Waals surface area contributed by atoms with E-state index in [2.05, 4.69) is 10.4 Å². The number of halogens is 1. The molecule has 0 amide bonds. The summed E-state index contributed by atoms with van der Waals surface area (Å²) in [6.07, 6.45) is 0. The number of hydrogen-bond acceptors (Lipinski definition) is 3. The molecule has 2 aliphatic heterocycles. The van der Waals surface area contributed by atoms with E-state index >= 15 is 0 Å². The van der Waals surface area contributed by atoms with Crippen molar-refractivity contribution in [3.05, 3.63) is 30.1 Å². The largest absolute Gasteiger partial charge is 0.369 e. The van der Waals surface area contributed by atoms with E-state index in [1.54, 1.807) is 12.1 Å². The number of fused-ring (bicyclic) bond motifs is 1. The average molecular weight is 208 g/mol. The van der Waals surface area contributed by atoms with Crippen LogP contribution in [0.25, 0.3) is 0 Å². The Kier molecular flexibility index (Phi) is 2.11. The summed E-state index contributed by atoms with van der Waals surface area (Å²) in [7, 11) is 0. The van der Waals surface area contributed by atoms with E-state index < -0.39 is 0 Å². The summed E-state index contributed by atoms with van der Waals surface area (Å²) in [6.45, 7) is 2.60.